The molecule has 6 nitrogen and oxygen atoms in total. The van der Waals surface area contributed by atoms with Crippen molar-refractivity contribution in [2.45, 2.75) is 57.8 Å². The van der Waals surface area contributed by atoms with E-state index in [1.807, 2.05) is 20.8 Å². The fourth-order valence-electron chi connectivity index (χ4n) is 4.82. The number of sulfonamides is 1. The summed E-state index contributed by atoms with van der Waals surface area (Å²) in [5.41, 5.74) is 1.44. The van der Waals surface area contributed by atoms with E-state index in [2.05, 4.69) is 10.2 Å². The summed E-state index contributed by atoms with van der Waals surface area (Å²) >= 11 is 0. The molecule has 1 heterocycles. The number of amides is 1. The minimum Gasteiger partial charge on any atom is -0.325 e. The predicted molar refractivity (Wildman–Crippen MR) is 116 cm³/mol. The zero-order valence-corrected chi connectivity index (χ0v) is 18.8. The normalized spacial score (nSPS) is 23.0. The fourth-order valence-corrected chi connectivity index (χ4v) is 6.31. The third-order valence-corrected chi connectivity index (χ3v) is 8.61. The average Bonchev–Trinajstić information content (AvgIpc) is 2.70. The molecule has 0 unspecified atom stereocenters. The summed E-state index contributed by atoms with van der Waals surface area (Å²) in [5.74, 6) is 1.50. The molecule has 29 heavy (non-hydrogen) atoms. The van der Waals surface area contributed by atoms with E-state index in [9.17, 15) is 13.2 Å². The van der Waals surface area contributed by atoms with Crippen LogP contribution in [0.5, 0.6) is 0 Å². The molecule has 1 aromatic rings. The number of nitrogens with one attached hydrogen (secondary N) is 1. The van der Waals surface area contributed by atoms with E-state index < -0.39 is 10.0 Å². The quantitative estimate of drug-likeness (QED) is 0.732. The summed E-state index contributed by atoms with van der Waals surface area (Å²) in [7, 11) is -3.55. The molecular weight excluding hydrogens is 386 g/mol. The second kappa shape index (κ2) is 9.58. The first-order valence-corrected chi connectivity index (χ1v) is 12.4. The summed E-state index contributed by atoms with van der Waals surface area (Å²) in [6, 6.07) is 4.97. The van der Waals surface area contributed by atoms with Crippen molar-refractivity contribution in [1.82, 2.24) is 9.21 Å². The highest BCUT2D eigenvalue weighted by atomic mass is 32.2. The van der Waals surface area contributed by atoms with Gasteiger partial charge in [-0.1, -0.05) is 39.2 Å². The number of likely N-dealkylation sites (tertiary alicyclic amines) is 1. The molecule has 3 rings (SSSR count). The molecule has 0 spiro atoms. The van der Waals surface area contributed by atoms with Gasteiger partial charge in [0.1, 0.15) is 0 Å². The average molecular weight is 422 g/mol. The highest BCUT2D eigenvalue weighted by molar-refractivity contribution is 7.89. The van der Waals surface area contributed by atoms with Gasteiger partial charge in [-0.25, -0.2) is 8.42 Å². The topological polar surface area (TPSA) is 69.7 Å². The van der Waals surface area contributed by atoms with Gasteiger partial charge in [-0.05, 0) is 55.8 Å². The fraction of sp³-hybridized carbons (Fsp3) is 0.682. The Kier molecular flexibility index (Phi) is 7.35. The molecule has 7 heteroatoms. The molecule has 1 aliphatic heterocycles. The van der Waals surface area contributed by atoms with E-state index >= 15 is 0 Å². The van der Waals surface area contributed by atoms with Gasteiger partial charge in [-0.3, -0.25) is 9.69 Å². The monoisotopic (exact) mass is 421 g/mol. The van der Waals surface area contributed by atoms with Crippen LogP contribution in [-0.4, -0.2) is 56.3 Å². The lowest BCUT2D eigenvalue weighted by atomic mass is 9.75. The van der Waals surface area contributed by atoms with E-state index in [1.165, 1.54) is 36.4 Å². The summed E-state index contributed by atoms with van der Waals surface area (Å²) in [6.45, 7) is 8.74. The maximum Gasteiger partial charge on any atom is 0.243 e. The number of nitrogens with zero attached hydrogens (tertiary/aromatic N) is 2. The Morgan fingerprint density at radius 1 is 1.14 bits per heavy atom. The van der Waals surface area contributed by atoms with Gasteiger partial charge in [0.2, 0.25) is 15.9 Å². The van der Waals surface area contributed by atoms with Crippen LogP contribution < -0.4 is 5.32 Å². The molecule has 1 aliphatic carbocycles. The zero-order valence-electron chi connectivity index (χ0n) is 18.0. The molecule has 1 amide bonds. The van der Waals surface area contributed by atoms with Crippen molar-refractivity contribution >= 4 is 21.6 Å². The molecule has 2 atom stereocenters. The summed E-state index contributed by atoms with van der Waals surface area (Å²) in [6.07, 6.45) is 6.49. The van der Waals surface area contributed by atoms with Gasteiger partial charge >= 0.3 is 0 Å². The third kappa shape index (κ3) is 5.19. The van der Waals surface area contributed by atoms with Crippen LogP contribution in [0.3, 0.4) is 0 Å². The summed E-state index contributed by atoms with van der Waals surface area (Å²) in [4.78, 5) is 15.2. The first-order valence-electron chi connectivity index (χ1n) is 11.0. The van der Waals surface area contributed by atoms with Crippen LogP contribution >= 0.6 is 0 Å². The number of benzene rings is 1. The lowest BCUT2D eigenvalue weighted by molar-refractivity contribution is -0.118. The van der Waals surface area contributed by atoms with Gasteiger partial charge in [0.25, 0.3) is 0 Å². The Labute approximate surface area is 175 Å². The van der Waals surface area contributed by atoms with Gasteiger partial charge in [-0.15, -0.1) is 0 Å². The molecule has 162 valence electrons. The first kappa shape index (κ1) is 22.2. The highest BCUT2D eigenvalue weighted by Gasteiger charge is 2.31. The number of carbonyl (C=O) groups is 1. The van der Waals surface area contributed by atoms with Gasteiger partial charge < -0.3 is 5.32 Å². The maximum atomic E-state index is 12.8. The molecule has 1 aromatic carbocycles. The van der Waals surface area contributed by atoms with Crippen molar-refractivity contribution in [3.05, 3.63) is 23.8 Å². The van der Waals surface area contributed by atoms with Crippen LogP contribution in [-0.2, 0) is 14.8 Å². The van der Waals surface area contributed by atoms with Crippen molar-refractivity contribution in [2.24, 2.45) is 11.8 Å². The number of aryl methyl sites for hydroxylation is 1. The molecule has 1 N–H and O–H groups in total. The number of piperidine rings is 1. The van der Waals surface area contributed by atoms with Crippen LogP contribution in [0.4, 0.5) is 5.69 Å². The SMILES string of the molecule is CCN(CC)S(=O)(=O)c1ccc(C)c(NC(=O)CN2CC[C@@H]3CCCC[C@@H]3C2)c1. The minimum atomic E-state index is -3.55. The van der Waals surface area contributed by atoms with E-state index in [1.54, 1.807) is 18.2 Å². The Morgan fingerprint density at radius 2 is 1.83 bits per heavy atom. The Hall–Kier alpha value is -1.44. The van der Waals surface area contributed by atoms with Crippen LogP contribution in [0.15, 0.2) is 23.1 Å². The molecular formula is C22H35N3O3S. The van der Waals surface area contributed by atoms with E-state index in [0.717, 1.165) is 30.5 Å². The van der Waals surface area contributed by atoms with Crippen LogP contribution in [0.1, 0.15) is 51.5 Å². The van der Waals surface area contributed by atoms with Crippen LogP contribution in [0, 0.1) is 18.8 Å². The van der Waals surface area contributed by atoms with E-state index in [0.29, 0.717) is 25.3 Å². The molecule has 1 saturated carbocycles. The number of carbonyl (C=O) groups excluding carboxylic acids is 1. The second-order valence-corrected chi connectivity index (χ2v) is 10.4. The Bertz CT molecular complexity index is 821. The van der Waals surface area contributed by atoms with Crippen LogP contribution in [0.25, 0.3) is 0 Å². The lowest BCUT2D eigenvalue weighted by Crippen LogP contribution is -2.44. The maximum absolute atomic E-state index is 12.8. The number of fused-ring (bicyclic) bond motifs is 1. The number of hydrogen-bond acceptors (Lipinski definition) is 4. The summed E-state index contributed by atoms with van der Waals surface area (Å²) in [5, 5.41) is 2.95. The smallest absolute Gasteiger partial charge is 0.243 e. The van der Waals surface area contributed by atoms with Crippen molar-refractivity contribution in [3.63, 3.8) is 0 Å². The summed E-state index contributed by atoms with van der Waals surface area (Å²) < 4.78 is 27.0. The predicted octanol–water partition coefficient (Wildman–Crippen LogP) is 3.48. The van der Waals surface area contributed by atoms with E-state index in [-0.39, 0.29) is 10.8 Å². The molecule has 1 saturated heterocycles. The molecule has 0 bridgehead atoms. The lowest BCUT2D eigenvalue weighted by Gasteiger charge is -2.41. The first-order chi connectivity index (χ1) is 13.8. The van der Waals surface area contributed by atoms with Gasteiger partial charge in [0, 0.05) is 25.3 Å². The largest absolute Gasteiger partial charge is 0.325 e. The Balaban J connectivity index is 1.66. The number of rotatable bonds is 7. The minimum absolute atomic E-state index is 0.0697. The molecule has 2 aliphatic rings. The van der Waals surface area contributed by atoms with Crippen LogP contribution in [0.2, 0.25) is 0 Å². The van der Waals surface area contributed by atoms with Gasteiger partial charge in [0.05, 0.1) is 11.4 Å². The van der Waals surface area contributed by atoms with Gasteiger partial charge in [0.15, 0.2) is 0 Å². The zero-order chi connectivity index (χ0) is 21.0. The number of hydrogen-bond donors (Lipinski definition) is 1. The van der Waals surface area contributed by atoms with Crippen molar-refractivity contribution in [1.29, 1.82) is 0 Å². The van der Waals surface area contributed by atoms with Crippen molar-refractivity contribution in [3.8, 4) is 0 Å². The van der Waals surface area contributed by atoms with Crippen molar-refractivity contribution < 1.29 is 13.2 Å². The van der Waals surface area contributed by atoms with Crippen molar-refractivity contribution in [2.75, 3.05) is 38.0 Å². The second-order valence-electron chi connectivity index (χ2n) is 8.44. The van der Waals surface area contributed by atoms with E-state index in [4.69, 9.17) is 0 Å². The molecule has 0 aromatic heterocycles. The number of anilines is 1. The van der Waals surface area contributed by atoms with Gasteiger partial charge in [-0.2, -0.15) is 4.31 Å². The third-order valence-electron chi connectivity index (χ3n) is 6.57. The highest BCUT2D eigenvalue weighted by Crippen LogP contribution is 2.36. The molecule has 0 radical (unpaired) electrons. The molecule has 2 fully saturated rings. The standard InChI is InChI=1S/C22H35N3O3S/c1-4-25(5-2)29(27,28)20-11-10-17(3)21(14-20)23-22(26)16-24-13-12-18-8-6-7-9-19(18)15-24/h10-11,14,18-19H,4-9,12-13,15-16H2,1-3H3,(H,23,26)/t18-,19+/m0/s1. The Morgan fingerprint density at radius 3 is 2.52 bits per heavy atom.